The minimum Gasteiger partial charge on any atom is -0.478 e. The fourth-order valence-corrected chi connectivity index (χ4v) is 3.78. The van der Waals surface area contributed by atoms with Gasteiger partial charge in [0, 0.05) is 23.5 Å². The second kappa shape index (κ2) is 6.10. The lowest BCUT2D eigenvalue weighted by atomic mass is 10.2. The molecule has 0 saturated heterocycles. The molecule has 8 heteroatoms. The van der Waals surface area contributed by atoms with E-state index in [1.165, 1.54) is 12.1 Å². The van der Waals surface area contributed by atoms with Crippen molar-refractivity contribution in [2.24, 2.45) is 0 Å². The van der Waals surface area contributed by atoms with Crippen LogP contribution in [-0.4, -0.2) is 24.5 Å². The summed E-state index contributed by atoms with van der Waals surface area (Å²) in [6.07, 6.45) is 3.27. The van der Waals surface area contributed by atoms with Gasteiger partial charge in [0.1, 0.15) is 4.90 Å². The third-order valence-electron chi connectivity index (χ3n) is 3.36. The zero-order valence-electron chi connectivity index (χ0n) is 12.1. The summed E-state index contributed by atoms with van der Waals surface area (Å²) in [6.45, 7) is 0. The van der Waals surface area contributed by atoms with E-state index in [2.05, 4.69) is 9.71 Å². The van der Waals surface area contributed by atoms with Crippen LogP contribution in [0.5, 0.6) is 0 Å². The lowest BCUT2D eigenvalue weighted by Crippen LogP contribution is -2.14. The number of anilines is 1. The zero-order chi connectivity index (χ0) is 17.3. The predicted octanol–water partition coefficient (Wildman–Crippen LogP) is 3.39. The highest BCUT2D eigenvalue weighted by molar-refractivity contribution is 7.92. The number of benzene rings is 2. The normalized spacial score (nSPS) is 11.4. The van der Waals surface area contributed by atoms with Crippen molar-refractivity contribution >= 4 is 44.1 Å². The van der Waals surface area contributed by atoms with Gasteiger partial charge in [-0.3, -0.25) is 9.71 Å². The Labute approximate surface area is 142 Å². The number of rotatable bonds is 4. The molecule has 6 nitrogen and oxygen atoms in total. The third kappa shape index (κ3) is 3.17. The number of carbonyl (C=O) groups is 1. The molecule has 0 amide bonds. The summed E-state index contributed by atoms with van der Waals surface area (Å²) in [5.41, 5.74) is 0.176. The maximum absolute atomic E-state index is 12.5. The van der Waals surface area contributed by atoms with E-state index in [-0.39, 0.29) is 15.5 Å². The van der Waals surface area contributed by atoms with E-state index in [1.54, 1.807) is 36.7 Å². The van der Waals surface area contributed by atoms with Gasteiger partial charge in [-0.25, -0.2) is 13.2 Å². The van der Waals surface area contributed by atoms with E-state index >= 15 is 0 Å². The summed E-state index contributed by atoms with van der Waals surface area (Å²) in [6, 6.07) is 10.2. The molecule has 3 rings (SSSR count). The first kappa shape index (κ1) is 16.2. The van der Waals surface area contributed by atoms with E-state index in [1.807, 2.05) is 0 Å². The number of carboxylic acids is 1. The number of halogens is 1. The van der Waals surface area contributed by atoms with Gasteiger partial charge in [-0.2, -0.15) is 0 Å². The summed E-state index contributed by atoms with van der Waals surface area (Å²) in [7, 11) is -4.03. The second-order valence-electron chi connectivity index (χ2n) is 4.99. The third-order valence-corrected chi connectivity index (χ3v) is 5.22. The molecule has 0 radical (unpaired) electrons. The number of pyridine rings is 1. The van der Waals surface area contributed by atoms with Gasteiger partial charge < -0.3 is 5.11 Å². The number of aromatic nitrogens is 1. The van der Waals surface area contributed by atoms with E-state index in [9.17, 15) is 13.2 Å². The van der Waals surface area contributed by atoms with Crippen molar-refractivity contribution in [3.8, 4) is 0 Å². The minimum absolute atomic E-state index is 0.0579. The molecular weight excluding hydrogens is 352 g/mol. The lowest BCUT2D eigenvalue weighted by molar-refractivity contribution is 0.0696. The number of carboxylic acid groups (broad SMARTS) is 1. The summed E-state index contributed by atoms with van der Waals surface area (Å²) in [4.78, 5) is 14.7. The molecule has 0 aliphatic rings. The Balaban J connectivity index is 2.01. The molecule has 122 valence electrons. The van der Waals surface area contributed by atoms with E-state index < -0.39 is 16.0 Å². The number of sulfonamides is 1. The summed E-state index contributed by atoms with van der Waals surface area (Å²) in [5.74, 6) is -1.23. The standard InChI is InChI=1S/C16H11ClN2O4S/c17-14-4-2-11(16(20)21)8-15(14)24(22,23)19-13-3-1-12-9-18-6-5-10(12)7-13/h1-9,19H,(H,20,21). The first-order valence-electron chi connectivity index (χ1n) is 6.76. The zero-order valence-corrected chi connectivity index (χ0v) is 13.7. The smallest absolute Gasteiger partial charge is 0.335 e. The molecule has 0 fully saturated rings. The number of hydrogen-bond acceptors (Lipinski definition) is 4. The predicted molar refractivity (Wildman–Crippen MR) is 91.0 cm³/mol. The van der Waals surface area contributed by atoms with Gasteiger partial charge in [0.15, 0.2) is 0 Å². The average Bonchev–Trinajstić information content (AvgIpc) is 2.54. The molecule has 1 aromatic heterocycles. The molecule has 0 spiro atoms. The van der Waals surface area contributed by atoms with Crippen LogP contribution in [0.4, 0.5) is 5.69 Å². The fourth-order valence-electron chi connectivity index (χ4n) is 2.20. The molecular formula is C16H11ClN2O4S. The topological polar surface area (TPSA) is 96.4 Å². The van der Waals surface area contributed by atoms with Crippen LogP contribution in [0.3, 0.4) is 0 Å². The molecule has 1 heterocycles. The number of nitrogens with zero attached hydrogens (tertiary/aromatic N) is 1. The number of fused-ring (bicyclic) bond motifs is 1. The summed E-state index contributed by atoms with van der Waals surface area (Å²) in [5, 5.41) is 10.6. The van der Waals surface area contributed by atoms with Crippen LogP contribution in [0.25, 0.3) is 10.8 Å². The quantitative estimate of drug-likeness (QED) is 0.741. The van der Waals surface area contributed by atoms with Crippen LogP contribution in [-0.2, 0) is 10.0 Å². The molecule has 0 bridgehead atoms. The fraction of sp³-hybridized carbons (Fsp3) is 0. The van der Waals surface area contributed by atoms with Crippen LogP contribution < -0.4 is 4.72 Å². The van der Waals surface area contributed by atoms with Crippen LogP contribution in [0.15, 0.2) is 59.8 Å². The molecule has 0 aliphatic heterocycles. The molecule has 0 atom stereocenters. The molecule has 2 aromatic carbocycles. The number of nitrogens with one attached hydrogen (secondary N) is 1. The molecule has 0 aliphatic carbocycles. The van der Waals surface area contributed by atoms with Gasteiger partial charge in [0.2, 0.25) is 0 Å². The SMILES string of the molecule is O=C(O)c1ccc(Cl)c(S(=O)(=O)Nc2ccc3cnccc3c2)c1. The number of aromatic carboxylic acids is 1. The van der Waals surface area contributed by atoms with Crippen molar-refractivity contribution in [2.45, 2.75) is 4.90 Å². The van der Waals surface area contributed by atoms with Crippen molar-refractivity contribution in [3.05, 3.63) is 65.4 Å². The Morgan fingerprint density at radius 1 is 1.08 bits per heavy atom. The highest BCUT2D eigenvalue weighted by atomic mass is 35.5. The minimum atomic E-state index is -4.03. The summed E-state index contributed by atoms with van der Waals surface area (Å²) >= 11 is 5.93. The van der Waals surface area contributed by atoms with E-state index in [4.69, 9.17) is 16.7 Å². The number of hydrogen-bond donors (Lipinski definition) is 2. The molecule has 0 saturated carbocycles. The maximum atomic E-state index is 12.5. The average molecular weight is 363 g/mol. The van der Waals surface area contributed by atoms with Crippen LogP contribution in [0.2, 0.25) is 5.02 Å². The largest absolute Gasteiger partial charge is 0.478 e. The van der Waals surface area contributed by atoms with Gasteiger partial charge in [-0.1, -0.05) is 17.7 Å². The summed E-state index contributed by atoms with van der Waals surface area (Å²) < 4.78 is 27.5. The lowest BCUT2D eigenvalue weighted by Gasteiger charge is -2.11. The Morgan fingerprint density at radius 3 is 2.62 bits per heavy atom. The molecule has 3 aromatic rings. The van der Waals surface area contributed by atoms with Crippen molar-refractivity contribution in [1.82, 2.24) is 4.98 Å². The Bertz CT molecular complexity index is 1050. The first-order valence-corrected chi connectivity index (χ1v) is 8.62. The first-order chi connectivity index (χ1) is 11.4. The molecule has 24 heavy (non-hydrogen) atoms. The van der Waals surface area contributed by atoms with Gasteiger partial charge in [0.05, 0.1) is 10.6 Å². The Morgan fingerprint density at radius 2 is 1.88 bits per heavy atom. The van der Waals surface area contributed by atoms with Crippen molar-refractivity contribution in [3.63, 3.8) is 0 Å². The van der Waals surface area contributed by atoms with Gasteiger partial charge in [0.25, 0.3) is 10.0 Å². The van der Waals surface area contributed by atoms with Gasteiger partial charge in [-0.05, 0) is 41.8 Å². The highest BCUT2D eigenvalue weighted by Crippen LogP contribution is 2.26. The van der Waals surface area contributed by atoms with Gasteiger partial charge >= 0.3 is 5.97 Å². The second-order valence-corrected chi connectivity index (χ2v) is 7.05. The van der Waals surface area contributed by atoms with E-state index in [0.29, 0.717) is 5.69 Å². The van der Waals surface area contributed by atoms with Crippen LogP contribution >= 0.6 is 11.6 Å². The van der Waals surface area contributed by atoms with E-state index in [0.717, 1.165) is 16.8 Å². The highest BCUT2D eigenvalue weighted by Gasteiger charge is 2.20. The van der Waals surface area contributed by atoms with Crippen LogP contribution in [0.1, 0.15) is 10.4 Å². The Hall–Kier alpha value is -2.64. The monoisotopic (exact) mass is 362 g/mol. The molecule has 2 N–H and O–H groups in total. The van der Waals surface area contributed by atoms with Crippen molar-refractivity contribution in [1.29, 1.82) is 0 Å². The Kier molecular flexibility index (Phi) is 4.13. The van der Waals surface area contributed by atoms with Crippen molar-refractivity contribution < 1.29 is 18.3 Å². The maximum Gasteiger partial charge on any atom is 0.335 e. The molecule has 0 unspecified atom stereocenters. The van der Waals surface area contributed by atoms with Gasteiger partial charge in [-0.15, -0.1) is 0 Å². The van der Waals surface area contributed by atoms with Crippen LogP contribution in [0, 0.1) is 0 Å². The van der Waals surface area contributed by atoms with Crippen molar-refractivity contribution in [2.75, 3.05) is 4.72 Å².